The number of nitrogens with one attached hydrogen (secondary N) is 2. The highest BCUT2D eigenvalue weighted by atomic mass is 32.2. The van der Waals surface area contributed by atoms with Gasteiger partial charge in [0.2, 0.25) is 10.0 Å². The Hall–Kier alpha value is -1.64. The van der Waals surface area contributed by atoms with Crippen LogP contribution in [0.25, 0.3) is 0 Å². The first-order valence-corrected chi connectivity index (χ1v) is 10.4. The zero-order chi connectivity index (χ0) is 19.6. The molecule has 1 aliphatic carbocycles. The molecule has 0 saturated heterocycles. The van der Waals surface area contributed by atoms with E-state index in [0.29, 0.717) is 24.3 Å². The minimum absolute atomic E-state index is 0.0392. The van der Waals surface area contributed by atoms with Crippen LogP contribution >= 0.6 is 0 Å². The second-order valence-electron chi connectivity index (χ2n) is 7.15. The van der Waals surface area contributed by atoms with Crippen LogP contribution in [-0.2, 0) is 14.8 Å². The second kappa shape index (κ2) is 7.54. The number of aliphatic hydroxyl groups is 1. The Labute approximate surface area is 155 Å². The molecule has 2 atom stereocenters. The maximum Gasteiger partial charge on any atom is 0.251 e. The first-order valence-electron chi connectivity index (χ1n) is 8.76. The lowest BCUT2D eigenvalue weighted by Gasteiger charge is -2.60. The highest BCUT2D eigenvalue weighted by molar-refractivity contribution is 7.92. The number of amides is 1. The molecule has 0 heterocycles. The van der Waals surface area contributed by atoms with Crippen molar-refractivity contribution in [3.8, 4) is 0 Å². The molecule has 1 aliphatic rings. The average Bonchev–Trinajstić information content (AvgIpc) is 2.60. The van der Waals surface area contributed by atoms with Crippen molar-refractivity contribution in [1.29, 1.82) is 0 Å². The molecular formula is C18H28N2O5S. The molecule has 1 aromatic rings. The second-order valence-corrected chi connectivity index (χ2v) is 9.16. The van der Waals surface area contributed by atoms with Gasteiger partial charge in [0.25, 0.3) is 5.91 Å². The normalized spacial score (nSPS) is 24.6. The molecule has 0 radical (unpaired) electrons. The number of ether oxygens (including phenoxy) is 1. The number of hydrogen-bond acceptors (Lipinski definition) is 5. The summed E-state index contributed by atoms with van der Waals surface area (Å²) in [4.78, 5) is 12.7. The van der Waals surface area contributed by atoms with Crippen LogP contribution in [0.1, 0.15) is 44.5 Å². The van der Waals surface area contributed by atoms with Gasteiger partial charge in [-0.1, -0.05) is 19.9 Å². The van der Waals surface area contributed by atoms with Crippen LogP contribution in [0.2, 0.25) is 0 Å². The molecule has 8 heteroatoms. The molecule has 146 valence electrons. The summed E-state index contributed by atoms with van der Waals surface area (Å²) >= 11 is 0. The summed E-state index contributed by atoms with van der Waals surface area (Å²) in [6, 6.07) is 6.29. The van der Waals surface area contributed by atoms with Crippen molar-refractivity contribution in [2.24, 2.45) is 5.41 Å². The molecule has 7 nitrogen and oxygen atoms in total. The standard InChI is InChI=1S/C18H28N2O5S/c1-5-25-15-11-18(12-21,17(15,3)4)19-16(22)13-8-7-9-14(10-13)20-26(23,24)6-2/h7-10,15,20-21H,5-6,11-12H2,1-4H3,(H,19,22)/t15-,18+/m1/s1. The first kappa shape index (κ1) is 20.7. The molecule has 0 aromatic heterocycles. The van der Waals surface area contributed by atoms with Crippen LogP contribution in [0.5, 0.6) is 0 Å². The maximum absolute atomic E-state index is 12.7. The van der Waals surface area contributed by atoms with E-state index in [1.165, 1.54) is 13.0 Å². The van der Waals surface area contributed by atoms with Crippen molar-refractivity contribution in [3.05, 3.63) is 29.8 Å². The Kier molecular flexibility index (Phi) is 5.99. The number of aliphatic hydroxyl groups excluding tert-OH is 1. The van der Waals surface area contributed by atoms with E-state index in [0.717, 1.165) is 0 Å². The minimum atomic E-state index is -3.42. The Morgan fingerprint density at radius 3 is 2.58 bits per heavy atom. The van der Waals surface area contributed by atoms with Crippen LogP contribution in [0, 0.1) is 5.41 Å². The smallest absolute Gasteiger partial charge is 0.251 e. The number of carbonyl (C=O) groups excluding carboxylic acids is 1. The van der Waals surface area contributed by atoms with E-state index in [2.05, 4.69) is 10.0 Å². The zero-order valence-electron chi connectivity index (χ0n) is 15.7. The zero-order valence-corrected chi connectivity index (χ0v) is 16.5. The topological polar surface area (TPSA) is 105 Å². The molecule has 0 bridgehead atoms. The predicted octanol–water partition coefficient (Wildman–Crippen LogP) is 1.74. The van der Waals surface area contributed by atoms with Crippen LogP contribution in [0.4, 0.5) is 5.69 Å². The van der Waals surface area contributed by atoms with Crippen LogP contribution < -0.4 is 10.0 Å². The van der Waals surface area contributed by atoms with Gasteiger partial charge in [0, 0.05) is 29.7 Å². The Morgan fingerprint density at radius 1 is 1.35 bits per heavy atom. The number of sulfonamides is 1. The SMILES string of the molecule is CCO[C@@H]1C[C@@](CO)(NC(=O)c2cccc(NS(=O)(=O)CC)c2)C1(C)C. The van der Waals surface area contributed by atoms with Gasteiger partial charge in [-0.25, -0.2) is 8.42 Å². The fourth-order valence-corrected chi connectivity index (χ4v) is 3.90. The summed E-state index contributed by atoms with van der Waals surface area (Å²) in [7, 11) is -3.42. The van der Waals surface area contributed by atoms with Crippen molar-refractivity contribution in [2.75, 3.05) is 23.7 Å². The van der Waals surface area contributed by atoms with E-state index >= 15 is 0 Å². The van der Waals surface area contributed by atoms with Gasteiger partial charge >= 0.3 is 0 Å². The molecule has 2 rings (SSSR count). The van der Waals surface area contributed by atoms with Gasteiger partial charge < -0.3 is 15.2 Å². The lowest BCUT2D eigenvalue weighted by atomic mass is 9.54. The van der Waals surface area contributed by atoms with E-state index in [4.69, 9.17) is 4.74 Å². The summed E-state index contributed by atoms with van der Waals surface area (Å²) in [5, 5.41) is 12.9. The molecule has 0 aliphatic heterocycles. The maximum atomic E-state index is 12.7. The Bertz CT molecular complexity index is 763. The lowest BCUT2D eigenvalue weighted by Crippen LogP contribution is -2.74. The van der Waals surface area contributed by atoms with Crippen molar-refractivity contribution in [2.45, 2.75) is 45.8 Å². The molecule has 1 saturated carbocycles. The van der Waals surface area contributed by atoms with Gasteiger partial charge in [0.05, 0.1) is 24.0 Å². The van der Waals surface area contributed by atoms with Gasteiger partial charge in [-0.2, -0.15) is 0 Å². The Balaban J connectivity index is 2.17. The molecule has 1 fully saturated rings. The van der Waals surface area contributed by atoms with E-state index < -0.39 is 21.0 Å². The van der Waals surface area contributed by atoms with Crippen molar-refractivity contribution in [1.82, 2.24) is 5.32 Å². The third kappa shape index (κ3) is 3.87. The van der Waals surface area contributed by atoms with Gasteiger partial charge in [-0.05, 0) is 32.0 Å². The summed E-state index contributed by atoms with van der Waals surface area (Å²) in [5.41, 5.74) is -0.542. The number of hydrogen-bond donors (Lipinski definition) is 3. The number of benzene rings is 1. The van der Waals surface area contributed by atoms with Crippen molar-refractivity contribution in [3.63, 3.8) is 0 Å². The highest BCUT2D eigenvalue weighted by Crippen LogP contribution is 2.51. The van der Waals surface area contributed by atoms with Crippen LogP contribution in [0.3, 0.4) is 0 Å². The van der Waals surface area contributed by atoms with Gasteiger partial charge in [-0.3, -0.25) is 9.52 Å². The molecular weight excluding hydrogens is 356 g/mol. The van der Waals surface area contributed by atoms with E-state index in [1.807, 2.05) is 20.8 Å². The van der Waals surface area contributed by atoms with Crippen LogP contribution in [0.15, 0.2) is 24.3 Å². The summed E-state index contributed by atoms with van der Waals surface area (Å²) in [5.74, 6) is -0.413. The predicted molar refractivity (Wildman–Crippen MR) is 101 cm³/mol. The average molecular weight is 384 g/mol. The van der Waals surface area contributed by atoms with E-state index in [-0.39, 0.29) is 24.4 Å². The summed E-state index contributed by atoms with van der Waals surface area (Å²) < 4.78 is 31.5. The monoisotopic (exact) mass is 384 g/mol. The minimum Gasteiger partial charge on any atom is -0.394 e. The lowest BCUT2D eigenvalue weighted by molar-refractivity contribution is -0.172. The van der Waals surface area contributed by atoms with Crippen LogP contribution in [-0.4, -0.2) is 50.0 Å². The molecule has 1 amide bonds. The molecule has 3 N–H and O–H groups in total. The molecule has 26 heavy (non-hydrogen) atoms. The summed E-state index contributed by atoms with van der Waals surface area (Å²) in [6.07, 6.45) is 0.487. The molecule has 0 unspecified atom stereocenters. The van der Waals surface area contributed by atoms with Crippen molar-refractivity contribution < 1.29 is 23.1 Å². The molecule has 0 spiro atoms. The van der Waals surface area contributed by atoms with E-state index in [1.54, 1.807) is 18.2 Å². The third-order valence-electron chi connectivity index (χ3n) is 5.34. The largest absolute Gasteiger partial charge is 0.394 e. The molecule has 1 aromatic carbocycles. The van der Waals surface area contributed by atoms with Gasteiger partial charge in [0.15, 0.2) is 0 Å². The van der Waals surface area contributed by atoms with Crippen molar-refractivity contribution >= 4 is 21.6 Å². The Morgan fingerprint density at radius 2 is 2.04 bits per heavy atom. The fraction of sp³-hybridized carbons (Fsp3) is 0.611. The first-order chi connectivity index (χ1) is 12.1. The third-order valence-corrected chi connectivity index (χ3v) is 6.65. The number of carbonyl (C=O) groups is 1. The number of anilines is 1. The summed E-state index contributed by atoms with van der Waals surface area (Å²) in [6.45, 7) is 7.74. The highest BCUT2D eigenvalue weighted by Gasteiger charge is 2.61. The quantitative estimate of drug-likeness (QED) is 0.633. The van der Waals surface area contributed by atoms with Gasteiger partial charge in [-0.15, -0.1) is 0 Å². The fourth-order valence-electron chi connectivity index (χ4n) is 3.27. The number of rotatable bonds is 8. The van der Waals surface area contributed by atoms with E-state index in [9.17, 15) is 18.3 Å². The van der Waals surface area contributed by atoms with Gasteiger partial charge in [0.1, 0.15) is 0 Å².